The molecule has 0 aromatic carbocycles. The van der Waals surface area contributed by atoms with Gasteiger partial charge >= 0.3 is 0 Å². The largest absolute Gasteiger partial charge is 0.301 e. The van der Waals surface area contributed by atoms with E-state index in [2.05, 4.69) is 35.5 Å². The van der Waals surface area contributed by atoms with Gasteiger partial charge in [-0.2, -0.15) is 5.10 Å². The number of hydrogen-bond acceptors (Lipinski definition) is 2. The number of rotatable bonds is 5. The van der Waals surface area contributed by atoms with Crippen molar-refractivity contribution in [1.29, 1.82) is 0 Å². The Morgan fingerprint density at radius 1 is 1.38 bits per heavy atom. The molecule has 0 aliphatic heterocycles. The molecule has 4 heteroatoms. The Morgan fingerprint density at radius 2 is 2.06 bits per heavy atom. The highest BCUT2D eigenvalue weighted by atomic mass is 32.1. The minimum absolute atomic E-state index is 0.476. The zero-order chi connectivity index (χ0) is 11.7. The molecule has 0 saturated heterocycles. The first-order valence-electron chi connectivity index (χ1n) is 6.26. The third kappa shape index (κ3) is 2.54. The monoisotopic (exact) mass is 239 g/mol. The van der Waals surface area contributed by atoms with Crippen molar-refractivity contribution in [3.05, 3.63) is 10.6 Å². The molecular formula is C12H21N3S. The molecule has 1 saturated carbocycles. The molecule has 0 bridgehead atoms. The van der Waals surface area contributed by atoms with Crippen LogP contribution in [-0.2, 0) is 0 Å². The highest BCUT2D eigenvalue weighted by molar-refractivity contribution is 7.71. The Kier molecular flexibility index (Phi) is 3.47. The lowest BCUT2D eigenvalue weighted by atomic mass is 10.0. The second kappa shape index (κ2) is 4.70. The minimum Gasteiger partial charge on any atom is -0.301 e. The lowest BCUT2D eigenvalue weighted by molar-refractivity contribution is 0.426. The van der Waals surface area contributed by atoms with Gasteiger partial charge in [-0.3, -0.25) is 5.10 Å². The molecule has 0 radical (unpaired) electrons. The maximum Gasteiger partial charge on any atom is 0.195 e. The lowest BCUT2D eigenvalue weighted by Gasteiger charge is -2.16. The standard InChI is InChI=1S/C12H21N3S/c1-8(2)4-5-9(3)15-11(10-6-7-10)13-14-12(15)16/h8-10H,4-7H2,1-3H3,(H,14,16). The van der Waals surface area contributed by atoms with Crippen LogP contribution in [-0.4, -0.2) is 14.8 Å². The van der Waals surface area contributed by atoms with Crippen molar-refractivity contribution in [1.82, 2.24) is 14.8 Å². The van der Waals surface area contributed by atoms with Gasteiger partial charge < -0.3 is 4.57 Å². The van der Waals surface area contributed by atoms with E-state index in [1.54, 1.807) is 0 Å². The fourth-order valence-corrected chi connectivity index (χ4v) is 2.40. The fourth-order valence-electron chi connectivity index (χ4n) is 2.08. The van der Waals surface area contributed by atoms with Crippen molar-refractivity contribution in [3.63, 3.8) is 0 Å². The predicted molar refractivity (Wildman–Crippen MR) is 68.2 cm³/mol. The summed E-state index contributed by atoms with van der Waals surface area (Å²) in [7, 11) is 0. The van der Waals surface area contributed by atoms with Gasteiger partial charge in [-0.05, 0) is 50.7 Å². The molecule has 3 nitrogen and oxygen atoms in total. The van der Waals surface area contributed by atoms with E-state index in [1.807, 2.05) is 0 Å². The molecule has 1 N–H and O–H groups in total. The van der Waals surface area contributed by atoms with E-state index in [9.17, 15) is 0 Å². The second-order valence-electron chi connectivity index (χ2n) is 5.35. The summed E-state index contributed by atoms with van der Waals surface area (Å²) in [6, 6.07) is 0.476. The maximum absolute atomic E-state index is 5.32. The summed E-state index contributed by atoms with van der Waals surface area (Å²) in [5.41, 5.74) is 0. The van der Waals surface area contributed by atoms with Crippen LogP contribution in [0.2, 0.25) is 0 Å². The molecule has 1 aliphatic carbocycles. The SMILES string of the molecule is CC(C)CCC(C)n1c(C2CC2)n[nH]c1=S. The van der Waals surface area contributed by atoms with E-state index in [0.29, 0.717) is 12.0 Å². The zero-order valence-electron chi connectivity index (χ0n) is 10.4. The third-order valence-electron chi connectivity index (χ3n) is 3.28. The molecule has 1 fully saturated rings. The minimum atomic E-state index is 0.476. The summed E-state index contributed by atoms with van der Waals surface area (Å²) >= 11 is 5.32. The average molecular weight is 239 g/mol. The normalized spacial score (nSPS) is 18.0. The highest BCUT2D eigenvalue weighted by Gasteiger charge is 2.30. The number of H-pyrrole nitrogens is 1. The molecule has 0 amide bonds. The van der Waals surface area contributed by atoms with E-state index in [4.69, 9.17) is 12.2 Å². The van der Waals surface area contributed by atoms with E-state index in [-0.39, 0.29) is 0 Å². The van der Waals surface area contributed by atoms with Crippen molar-refractivity contribution in [3.8, 4) is 0 Å². The van der Waals surface area contributed by atoms with Gasteiger partial charge in [-0.25, -0.2) is 0 Å². The van der Waals surface area contributed by atoms with Gasteiger partial charge in [-0.1, -0.05) is 13.8 Å². The molecule has 2 rings (SSSR count). The summed E-state index contributed by atoms with van der Waals surface area (Å²) in [6.07, 6.45) is 4.98. The first-order valence-corrected chi connectivity index (χ1v) is 6.67. The Labute approximate surface area is 102 Å². The fraction of sp³-hybridized carbons (Fsp3) is 0.833. The van der Waals surface area contributed by atoms with Crippen LogP contribution in [0, 0.1) is 10.7 Å². The van der Waals surface area contributed by atoms with Crippen LogP contribution in [0.5, 0.6) is 0 Å². The number of aromatic nitrogens is 3. The summed E-state index contributed by atoms with van der Waals surface area (Å²) in [5, 5.41) is 7.31. The van der Waals surface area contributed by atoms with Crippen molar-refractivity contribution in [2.75, 3.05) is 0 Å². The molecule has 1 unspecified atom stereocenters. The first-order chi connectivity index (χ1) is 7.59. The zero-order valence-corrected chi connectivity index (χ0v) is 11.2. The van der Waals surface area contributed by atoms with Crippen molar-refractivity contribution < 1.29 is 0 Å². The van der Waals surface area contributed by atoms with Crippen molar-refractivity contribution in [2.45, 2.75) is 58.4 Å². The quantitative estimate of drug-likeness (QED) is 0.793. The van der Waals surface area contributed by atoms with Gasteiger partial charge in [0.25, 0.3) is 0 Å². The van der Waals surface area contributed by atoms with Crippen LogP contribution >= 0.6 is 12.2 Å². The lowest BCUT2D eigenvalue weighted by Crippen LogP contribution is -2.10. The molecule has 1 aliphatic rings. The van der Waals surface area contributed by atoms with Crippen LogP contribution in [0.15, 0.2) is 0 Å². The summed E-state index contributed by atoms with van der Waals surface area (Å²) < 4.78 is 3.02. The van der Waals surface area contributed by atoms with E-state index in [1.165, 1.54) is 31.5 Å². The van der Waals surface area contributed by atoms with Gasteiger partial charge in [-0.15, -0.1) is 0 Å². The van der Waals surface area contributed by atoms with Crippen LogP contribution in [0.4, 0.5) is 0 Å². The maximum atomic E-state index is 5.32. The van der Waals surface area contributed by atoms with Crippen LogP contribution < -0.4 is 0 Å². The summed E-state index contributed by atoms with van der Waals surface area (Å²) in [5.74, 6) is 2.60. The van der Waals surface area contributed by atoms with Gasteiger partial charge in [0, 0.05) is 12.0 Å². The molecule has 1 heterocycles. The van der Waals surface area contributed by atoms with Gasteiger partial charge in [0.05, 0.1) is 0 Å². The molecule has 90 valence electrons. The summed E-state index contributed by atoms with van der Waals surface area (Å²) in [4.78, 5) is 0. The molecular weight excluding hydrogens is 218 g/mol. The summed E-state index contributed by atoms with van der Waals surface area (Å²) in [6.45, 7) is 6.78. The Balaban J connectivity index is 2.11. The Bertz CT molecular complexity index is 401. The molecule has 16 heavy (non-hydrogen) atoms. The van der Waals surface area contributed by atoms with Crippen LogP contribution in [0.3, 0.4) is 0 Å². The first kappa shape index (κ1) is 11.8. The van der Waals surface area contributed by atoms with Crippen molar-refractivity contribution in [2.24, 2.45) is 5.92 Å². The van der Waals surface area contributed by atoms with Gasteiger partial charge in [0.1, 0.15) is 5.82 Å². The molecule has 0 spiro atoms. The third-order valence-corrected chi connectivity index (χ3v) is 3.56. The van der Waals surface area contributed by atoms with E-state index in [0.717, 1.165) is 10.7 Å². The van der Waals surface area contributed by atoms with Crippen LogP contribution in [0.25, 0.3) is 0 Å². The highest BCUT2D eigenvalue weighted by Crippen LogP contribution is 2.40. The topological polar surface area (TPSA) is 33.6 Å². The van der Waals surface area contributed by atoms with E-state index >= 15 is 0 Å². The second-order valence-corrected chi connectivity index (χ2v) is 5.74. The number of nitrogens with zero attached hydrogens (tertiary/aromatic N) is 2. The number of aromatic amines is 1. The smallest absolute Gasteiger partial charge is 0.195 e. The predicted octanol–water partition coefficient (Wildman–Crippen LogP) is 3.82. The van der Waals surface area contributed by atoms with Gasteiger partial charge in [0.2, 0.25) is 0 Å². The number of nitrogens with one attached hydrogen (secondary N) is 1. The average Bonchev–Trinajstić information content (AvgIpc) is 2.99. The molecule has 1 aromatic heterocycles. The number of hydrogen-bond donors (Lipinski definition) is 1. The van der Waals surface area contributed by atoms with Crippen LogP contribution in [0.1, 0.15) is 64.2 Å². The van der Waals surface area contributed by atoms with Gasteiger partial charge in [0.15, 0.2) is 4.77 Å². The van der Waals surface area contributed by atoms with E-state index < -0.39 is 0 Å². The Morgan fingerprint density at radius 3 is 2.62 bits per heavy atom. The molecule has 1 atom stereocenters. The Hall–Kier alpha value is -0.640. The van der Waals surface area contributed by atoms with Crippen molar-refractivity contribution >= 4 is 12.2 Å². The molecule has 1 aromatic rings.